The molecule has 1 N–H and O–H groups in total. The summed E-state index contributed by atoms with van der Waals surface area (Å²) in [5, 5.41) is 20.2. The highest BCUT2D eigenvalue weighted by Crippen LogP contribution is 2.24. The van der Waals surface area contributed by atoms with Crippen LogP contribution in [0.5, 0.6) is 5.75 Å². The monoisotopic (exact) mass is 338 g/mol. The van der Waals surface area contributed by atoms with Crippen molar-refractivity contribution < 1.29 is 14.4 Å². The van der Waals surface area contributed by atoms with Gasteiger partial charge in [0.15, 0.2) is 0 Å². The van der Waals surface area contributed by atoms with Crippen molar-refractivity contribution in [3.63, 3.8) is 0 Å². The fourth-order valence-corrected chi connectivity index (χ4v) is 1.82. The lowest BCUT2D eigenvalue weighted by Crippen LogP contribution is -1.90. The van der Waals surface area contributed by atoms with E-state index in [9.17, 15) is 19.6 Å². The molecule has 5 nitrogen and oxygen atoms in total. The number of hydrogen-bond acceptors (Lipinski definition) is 4. The van der Waals surface area contributed by atoms with Gasteiger partial charge in [-0.05, 0) is 24.3 Å². The maximum atomic E-state index is 13.5. The van der Waals surface area contributed by atoms with E-state index in [0.717, 1.165) is 6.07 Å². The van der Waals surface area contributed by atoms with Gasteiger partial charge in [0.25, 0.3) is 5.69 Å². The predicted octanol–water partition coefficient (Wildman–Crippen LogP) is 3.95. The molecule has 0 amide bonds. The quantitative estimate of drug-likeness (QED) is 0.523. The van der Waals surface area contributed by atoms with Crippen LogP contribution in [0.2, 0.25) is 0 Å². The van der Waals surface area contributed by atoms with E-state index in [-0.39, 0.29) is 22.7 Å². The van der Waals surface area contributed by atoms with Crippen LogP contribution >= 0.6 is 15.9 Å². The van der Waals surface area contributed by atoms with Crippen LogP contribution in [-0.2, 0) is 0 Å². The number of benzene rings is 2. The molecule has 20 heavy (non-hydrogen) atoms. The van der Waals surface area contributed by atoms with Gasteiger partial charge >= 0.3 is 0 Å². The van der Waals surface area contributed by atoms with E-state index in [2.05, 4.69) is 20.9 Å². The van der Waals surface area contributed by atoms with E-state index in [1.807, 2.05) is 0 Å². The van der Waals surface area contributed by atoms with Crippen molar-refractivity contribution in [2.24, 2.45) is 4.99 Å². The highest BCUT2D eigenvalue weighted by Gasteiger charge is 2.09. The molecule has 0 saturated carbocycles. The Balaban J connectivity index is 2.35. The number of rotatable bonds is 3. The summed E-state index contributed by atoms with van der Waals surface area (Å²) in [6.07, 6.45) is 1.18. The number of non-ortho nitro benzene ring substituents is 1. The molecule has 0 saturated heterocycles. The second kappa shape index (κ2) is 5.79. The Morgan fingerprint density at radius 1 is 1.30 bits per heavy atom. The van der Waals surface area contributed by atoms with Crippen LogP contribution in [0.1, 0.15) is 5.56 Å². The third-order valence-corrected chi connectivity index (χ3v) is 2.97. The molecule has 0 aliphatic heterocycles. The number of nitro groups is 1. The summed E-state index contributed by atoms with van der Waals surface area (Å²) in [7, 11) is 0. The summed E-state index contributed by atoms with van der Waals surface area (Å²) in [6, 6.07) is 7.84. The molecule has 0 bridgehead atoms. The summed E-state index contributed by atoms with van der Waals surface area (Å²) < 4.78 is 14.1. The number of aromatic hydroxyl groups is 1. The topological polar surface area (TPSA) is 75.7 Å². The van der Waals surface area contributed by atoms with Gasteiger partial charge in [-0.2, -0.15) is 0 Å². The largest absolute Gasteiger partial charge is 0.507 e. The Morgan fingerprint density at radius 3 is 2.70 bits per heavy atom. The summed E-state index contributed by atoms with van der Waals surface area (Å²) in [4.78, 5) is 13.9. The third-order valence-electron chi connectivity index (χ3n) is 2.47. The Bertz CT molecular complexity index is 704. The number of hydrogen-bond donors (Lipinski definition) is 1. The van der Waals surface area contributed by atoms with Crippen molar-refractivity contribution in [1.29, 1.82) is 0 Å². The van der Waals surface area contributed by atoms with Gasteiger partial charge in [0, 0.05) is 28.4 Å². The Morgan fingerprint density at radius 2 is 2.05 bits per heavy atom. The van der Waals surface area contributed by atoms with Gasteiger partial charge in [-0.3, -0.25) is 15.1 Å². The molecule has 0 spiro atoms. The third kappa shape index (κ3) is 3.18. The van der Waals surface area contributed by atoms with Crippen LogP contribution in [0.3, 0.4) is 0 Å². The first kappa shape index (κ1) is 14.1. The number of halogens is 2. The van der Waals surface area contributed by atoms with Crippen molar-refractivity contribution in [1.82, 2.24) is 0 Å². The van der Waals surface area contributed by atoms with E-state index >= 15 is 0 Å². The number of phenols is 1. The highest BCUT2D eigenvalue weighted by atomic mass is 79.9. The first-order valence-electron chi connectivity index (χ1n) is 5.44. The van der Waals surface area contributed by atoms with Gasteiger partial charge in [-0.1, -0.05) is 15.9 Å². The molecule has 0 radical (unpaired) electrons. The van der Waals surface area contributed by atoms with Crippen molar-refractivity contribution in [3.05, 3.63) is 62.4 Å². The van der Waals surface area contributed by atoms with Gasteiger partial charge in [0.1, 0.15) is 11.6 Å². The predicted molar refractivity (Wildman–Crippen MR) is 76.1 cm³/mol. The van der Waals surface area contributed by atoms with Crippen LogP contribution in [0.15, 0.2) is 45.9 Å². The van der Waals surface area contributed by atoms with Crippen LogP contribution in [-0.4, -0.2) is 16.2 Å². The second-order valence-electron chi connectivity index (χ2n) is 3.85. The SMILES string of the molecule is O=[N+]([O-])c1ccc(O)c(C=Nc2ccc(Br)cc2F)c1. The van der Waals surface area contributed by atoms with E-state index < -0.39 is 10.7 Å². The van der Waals surface area contributed by atoms with Crippen LogP contribution in [0, 0.1) is 15.9 Å². The summed E-state index contributed by atoms with van der Waals surface area (Å²) in [6.45, 7) is 0. The molecule has 2 aromatic carbocycles. The van der Waals surface area contributed by atoms with Crippen molar-refractivity contribution in [2.75, 3.05) is 0 Å². The van der Waals surface area contributed by atoms with Gasteiger partial charge in [0.05, 0.1) is 10.6 Å². The highest BCUT2D eigenvalue weighted by molar-refractivity contribution is 9.10. The van der Waals surface area contributed by atoms with Crippen molar-refractivity contribution in [3.8, 4) is 5.75 Å². The van der Waals surface area contributed by atoms with Crippen LogP contribution in [0.4, 0.5) is 15.8 Å². The molecular weight excluding hydrogens is 331 g/mol. The maximum absolute atomic E-state index is 13.5. The Kier molecular flexibility index (Phi) is 4.09. The smallest absolute Gasteiger partial charge is 0.270 e. The molecule has 0 fully saturated rings. The molecule has 0 aliphatic rings. The number of phenolic OH excluding ortho intramolecular Hbond substituents is 1. The fraction of sp³-hybridized carbons (Fsp3) is 0. The lowest BCUT2D eigenvalue weighted by Gasteiger charge is -2.00. The fourth-order valence-electron chi connectivity index (χ4n) is 1.48. The molecule has 0 aliphatic carbocycles. The van der Waals surface area contributed by atoms with E-state index in [0.29, 0.717) is 4.47 Å². The maximum Gasteiger partial charge on any atom is 0.270 e. The lowest BCUT2D eigenvalue weighted by atomic mass is 10.2. The summed E-state index contributed by atoms with van der Waals surface area (Å²) >= 11 is 3.12. The van der Waals surface area contributed by atoms with Crippen molar-refractivity contribution >= 4 is 33.5 Å². The Hall–Kier alpha value is -2.28. The summed E-state index contributed by atoms with van der Waals surface area (Å²) in [5.41, 5.74) is 0.0288. The zero-order valence-electron chi connectivity index (χ0n) is 9.96. The van der Waals surface area contributed by atoms with Gasteiger partial charge in [-0.15, -0.1) is 0 Å². The number of nitro benzene ring substituents is 1. The normalized spacial score (nSPS) is 10.9. The molecular formula is C13H8BrFN2O3. The molecule has 0 heterocycles. The van der Waals surface area contributed by atoms with Crippen LogP contribution < -0.4 is 0 Å². The summed E-state index contributed by atoms with van der Waals surface area (Å²) in [5.74, 6) is -0.711. The van der Waals surface area contributed by atoms with Crippen LogP contribution in [0.25, 0.3) is 0 Å². The van der Waals surface area contributed by atoms with Gasteiger partial charge < -0.3 is 5.11 Å². The van der Waals surface area contributed by atoms with E-state index in [1.54, 1.807) is 6.07 Å². The second-order valence-corrected chi connectivity index (χ2v) is 4.77. The number of aliphatic imine (C=N–C) groups is 1. The van der Waals surface area contributed by atoms with E-state index in [4.69, 9.17) is 0 Å². The average Bonchev–Trinajstić information content (AvgIpc) is 2.39. The zero-order valence-corrected chi connectivity index (χ0v) is 11.5. The average molecular weight is 339 g/mol. The molecule has 2 aromatic rings. The molecule has 7 heteroatoms. The van der Waals surface area contributed by atoms with Gasteiger partial charge in [0.2, 0.25) is 0 Å². The first-order chi connectivity index (χ1) is 9.47. The standard InChI is InChI=1S/C13H8BrFN2O3/c14-9-1-3-12(11(15)6-9)16-7-8-5-10(17(19)20)2-4-13(8)18/h1-7,18H. The Labute approximate surface area is 121 Å². The van der Waals surface area contributed by atoms with E-state index in [1.165, 1.54) is 30.5 Å². The molecule has 2 rings (SSSR count). The zero-order chi connectivity index (χ0) is 14.7. The molecule has 0 aromatic heterocycles. The minimum absolute atomic E-state index is 0.0686. The number of nitrogens with zero attached hydrogens (tertiary/aromatic N) is 2. The molecule has 0 atom stereocenters. The minimum Gasteiger partial charge on any atom is -0.507 e. The van der Waals surface area contributed by atoms with Crippen molar-refractivity contribution in [2.45, 2.75) is 0 Å². The molecule has 102 valence electrons. The first-order valence-corrected chi connectivity index (χ1v) is 6.23. The lowest BCUT2D eigenvalue weighted by molar-refractivity contribution is -0.384. The minimum atomic E-state index is -0.586. The van der Waals surface area contributed by atoms with Gasteiger partial charge in [-0.25, -0.2) is 4.39 Å². The molecule has 0 unspecified atom stereocenters.